The van der Waals surface area contributed by atoms with E-state index in [9.17, 15) is 9.59 Å². The topological polar surface area (TPSA) is 66.0 Å². The maximum absolute atomic E-state index is 12.7. The average molecular weight is 360 g/mol. The molecule has 2 aliphatic heterocycles. The third-order valence-corrected chi connectivity index (χ3v) is 5.34. The number of ether oxygens (including phenoxy) is 1. The molecule has 26 heavy (non-hydrogen) atoms. The Hall–Kier alpha value is -2.15. The number of hydrogen-bond donors (Lipinski definition) is 0. The van der Waals surface area contributed by atoms with Gasteiger partial charge in [-0.1, -0.05) is 0 Å². The Morgan fingerprint density at radius 3 is 2.65 bits per heavy atom. The first-order chi connectivity index (χ1) is 12.6. The fraction of sp³-hybridized carbons (Fsp3) is 0.632. The third kappa shape index (κ3) is 4.15. The van der Waals surface area contributed by atoms with Gasteiger partial charge < -0.3 is 14.5 Å². The fourth-order valence-electron chi connectivity index (χ4n) is 3.75. The van der Waals surface area contributed by atoms with Gasteiger partial charge in [-0.2, -0.15) is 0 Å². The molecule has 0 aliphatic carbocycles. The lowest BCUT2D eigenvalue weighted by atomic mass is 10.0. The Labute approximate surface area is 154 Å². The highest BCUT2D eigenvalue weighted by Crippen LogP contribution is 2.19. The van der Waals surface area contributed by atoms with E-state index >= 15 is 0 Å². The van der Waals surface area contributed by atoms with Gasteiger partial charge in [-0.05, 0) is 38.3 Å². The largest absolute Gasteiger partial charge is 0.480 e. The molecule has 0 saturated carbocycles. The lowest BCUT2D eigenvalue weighted by Gasteiger charge is -2.38. The second kappa shape index (κ2) is 8.49. The zero-order chi connectivity index (χ0) is 18.5. The molecule has 1 atom stereocenters. The second-order valence-corrected chi connectivity index (χ2v) is 7.06. The smallest absolute Gasteiger partial charge is 0.259 e. The summed E-state index contributed by atoms with van der Waals surface area (Å²) in [4.78, 5) is 35.4. The summed E-state index contributed by atoms with van der Waals surface area (Å²) >= 11 is 0. The van der Waals surface area contributed by atoms with Crippen molar-refractivity contribution < 1.29 is 14.3 Å². The fourth-order valence-corrected chi connectivity index (χ4v) is 3.75. The van der Waals surface area contributed by atoms with Crippen LogP contribution in [0.25, 0.3) is 0 Å². The Bertz CT molecular complexity index is 643. The van der Waals surface area contributed by atoms with E-state index in [-0.39, 0.29) is 11.8 Å². The number of hydrogen-bond acceptors (Lipinski definition) is 5. The minimum atomic E-state index is -0.0643. The summed E-state index contributed by atoms with van der Waals surface area (Å²) in [5.74, 6) is 0.505. The van der Waals surface area contributed by atoms with Crippen molar-refractivity contribution in [1.29, 1.82) is 0 Å². The van der Waals surface area contributed by atoms with Gasteiger partial charge in [0.05, 0.1) is 13.7 Å². The van der Waals surface area contributed by atoms with Gasteiger partial charge in [0, 0.05) is 45.0 Å². The van der Waals surface area contributed by atoms with E-state index in [0.29, 0.717) is 50.2 Å². The van der Waals surface area contributed by atoms with Gasteiger partial charge in [-0.15, -0.1) is 0 Å². The lowest BCUT2D eigenvalue weighted by molar-refractivity contribution is -0.136. The Kier molecular flexibility index (Phi) is 6.08. The minimum Gasteiger partial charge on any atom is -0.480 e. The quantitative estimate of drug-likeness (QED) is 0.808. The molecule has 2 saturated heterocycles. The molecule has 3 rings (SSSR count). The second-order valence-electron chi connectivity index (χ2n) is 7.06. The van der Waals surface area contributed by atoms with Crippen LogP contribution in [0, 0.1) is 0 Å². The number of pyridine rings is 1. The van der Waals surface area contributed by atoms with E-state index in [1.807, 2.05) is 9.80 Å². The predicted molar refractivity (Wildman–Crippen MR) is 98.2 cm³/mol. The first-order valence-electron chi connectivity index (χ1n) is 9.40. The molecule has 2 fully saturated rings. The molecule has 7 heteroatoms. The van der Waals surface area contributed by atoms with Gasteiger partial charge in [0.15, 0.2) is 0 Å². The molecule has 1 aromatic rings. The molecule has 0 spiro atoms. The standard InChI is InChI=1S/C19H28N4O3/c1-15-6-3-4-9-23(15)17(24)14-21-10-12-22(13-11-21)19(25)16-7-5-8-20-18(16)26-2/h5,7-8,15H,3-4,6,9-14H2,1-2H3/t15-/m0/s1. The normalized spacial score (nSPS) is 21.5. The van der Waals surface area contributed by atoms with Gasteiger partial charge in [0.2, 0.25) is 11.8 Å². The minimum absolute atomic E-state index is 0.0643. The van der Waals surface area contributed by atoms with Gasteiger partial charge in [-0.25, -0.2) is 4.98 Å². The Morgan fingerprint density at radius 2 is 1.96 bits per heavy atom. The van der Waals surface area contributed by atoms with Crippen LogP contribution < -0.4 is 4.74 Å². The highest BCUT2D eigenvalue weighted by atomic mass is 16.5. The summed E-state index contributed by atoms with van der Waals surface area (Å²) in [6.07, 6.45) is 5.02. The molecule has 2 aliphatic rings. The van der Waals surface area contributed by atoms with Crippen molar-refractivity contribution in [2.75, 3.05) is 46.4 Å². The maximum Gasteiger partial charge on any atom is 0.259 e. The van der Waals surface area contributed by atoms with E-state index in [1.165, 1.54) is 13.5 Å². The molecule has 7 nitrogen and oxygen atoms in total. The van der Waals surface area contributed by atoms with Crippen LogP contribution in [0.1, 0.15) is 36.5 Å². The number of piperazine rings is 1. The number of rotatable bonds is 4. The molecule has 0 bridgehead atoms. The number of amides is 2. The van der Waals surface area contributed by atoms with E-state index < -0.39 is 0 Å². The number of piperidine rings is 1. The molecule has 1 aromatic heterocycles. The van der Waals surface area contributed by atoms with Crippen molar-refractivity contribution in [3.05, 3.63) is 23.9 Å². The van der Waals surface area contributed by atoms with E-state index in [0.717, 1.165) is 19.4 Å². The van der Waals surface area contributed by atoms with Crippen molar-refractivity contribution in [3.8, 4) is 5.88 Å². The zero-order valence-electron chi connectivity index (χ0n) is 15.7. The Balaban J connectivity index is 1.52. The van der Waals surface area contributed by atoms with Crippen LogP contribution in [0.4, 0.5) is 0 Å². The summed E-state index contributed by atoms with van der Waals surface area (Å²) in [5.41, 5.74) is 0.488. The predicted octanol–water partition coefficient (Wildman–Crippen LogP) is 1.25. The van der Waals surface area contributed by atoms with Crippen LogP contribution in [0.5, 0.6) is 5.88 Å². The monoisotopic (exact) mass is 360 g/mol. The molecular weight excluding hydrogens is 332 g/mol. The van der Waals surface area contributed by atoms with Crippen LogP contribution in [0.15, 0.2) is 18.3 Å². The van der Waals surface area contributed by atoms with Crippen LogP contribution in [-0.4, -0.2) is 83.9 Å². The van der Waals surface area contributed by atoms with E-state index in [2.05, 4.69) is 16.8 Å². The van der Waals surface area contributed by atoms with Crippen molar-refractivity contribution >= 4 is 11.8 Å². The van der Waals surface area contributed by atoms with Crippen LogP contribution in [0.2, 0.25) is 0 Å². The number of aromatic nitrogens is 1. The molecule has 0 aromatic carbocycles. The van der Waals surface area contributed by atoms with Gasteiger partial charge in [0.1, 0.15) is 5.56 Å². The van der Waals surface area contributed by atoms with Crippen LogP contribution in [-0.2, 0) is 4.79 Å². The van der Waals surface area contributed by atoms with Crippen molar-refractivity contribution in [2.45, 2.75) is 32.2 Å². The molecule has 0 unspecified atom stereocenters. The van der Waals surface area contributed by atoms with E-state index in [1.54, 1.807) is 18.3 Å². The first kappa shape index (κ1) is 18.6. The first-order valence-corrected chi connectivity index (χ1v) is 9.40. The van der Waals surface area contributed by atoms with E-state index in [4.69, 9.17) is 4.74 Å². The van der Waals surface area contributed by atoms with Crippen molar-refractivity contribution in [3.63, 3.8) is 0 Å². The molecule has 142 valence electrons. The lowest BCUT2D eigenvalue weighted by Crippen LogP contribution is -2.53. The number of carbonyl (C=O) groups is 2. The van der Waals surface area contributed by atoms with Gasteiger partial charge in [0.25, 0.3) is 5.91 Å². The van der Waals surface area contributed by atoms with Crippen molar-refractivity contribution in [2.24, 2.45) is 0 Å². The molecule has 2 amide bonds. The molecule has 0 radical (unpaired) electrons. The molecular formula is C19H28N4O3. The summed E-state index contributed by atoms with van der Waals surface area (Å²) in [7, 11) is 1.52. The number of likely N-dealkylation sites (tertiary alicyclic amines) is 1. The number of nitrogens with zero attached hydrogens (tertiary/aromatic N) is 4. The summed E-state index contributed by atoms with van der Waals surface area (Å²) in [5, 5.41) is 0. The highest BCUT2D eigenvalue weighted by molar-refractivity contribution is 5.96. The van der Waals surface area contributed by atoms with Crippen LogP contribution >= 0.6 is 0 Å². The number of methoxy groups -OCH3 is 1. The Morgan fingerprint density at radius 1 is 1.19 bits per heavy atom. The maximum atomic E-state index is 12.7. The zero-order valence-corrected chi connectivity index (χ0v) is 15.7. The SMILES string of the molecule is COc1ncccc1C(=O)N1CCN(CC(=O)N2CCCC[C@@H]2C)CC1. The summed E-state index contributed by atoms with van der Waals surface area (Å²) in [6.45, 7) is 6.10. The summed E-state index contributed by atoms with van der Waals surface area (Å²) < 4.78 is 5.19. The van der Waals surface area contributed by atoms with Crippen molar-refractivity contribution in [1.82, 2.24) is 19.7 Å². The molecule has 3 heterocycles. The van der Waals surface area contributed by atoms with Gasteiger partial charge >= 0.3 is 0 Å². The summed E-state index contributed by atoms with van der Waals surface area (Å²) in [6, 6.07) is 3.82. The number of carbonyl (C=O) groups excluding carboxylic acids is 2. The average Bonchev–Trinajstić information content (AvgIpc) is 2.68. The molecule has 0 N–H and O–H groups in total. The third-order valence-electron chi connectivity index (χ3n) is 5.34. The highest BCUT2D eigenvalue weighted by Gasteiger charge is 2.28. The van der Waals surface area contributed by atoms with Gasteiger partial charge in [-0.3, -0.25) is 14.5 Å². The van der Waals surface area contributed by atoms with Crippen LogP contribution in [0.3, 0.4) is 0 Å².